The van der Waals surface area contributed by atoms with Crippen molar-refractivity contribution >= 4 is 27.7 Å². The van der Waals surface area contributed by atoms with Crippen LogP contribution >= 0.6 is 27.7 Å². The van der Waals surface area contributed by atoms with Crippen LogP contribution in [0.1, 0.15) is 45.1 Å². The summed E-state index contributed by atoms with van der Waals surface area (Å²) < 4.78 is 1.20. The number of rotatable bonds is 8. The fourth-order valence-corrected chi connectivity index (χ4v) is 3.39. The molecule has 0 aliphatic rings. The van der Waals surface area contributed by atoms with Crippen molar-refractivity contribution in [2.45, 2.75) is 56.9 Å². The first-order valence-corrected chi connectivity index (χ1v) is 8.62. The highest BCUT2D eigenvalue weighted by Crippen LogP contribution is 2.27. The number of nitrogens with two attached hydrogens (primary N) is 1. The Morgan fingerprint density at radius 1 is 1.28 bits per heavy atom. The lowest BCUT2D eigenvalue weighted by Gasteiger charge is -2.11. The lowest BCUT2D eigenvalue weighted by molar-refractivity contribution is 0.645. The maximum absolute atomic E-state index is 6.00. The summed E-state index contributed by atoms with van der Waals surface area (Å²) in [5, 5.41) is 0. The molecule has 1 aromatic rings. The molecule has 3 heteroatoms. The van der Waals surface area contributed by atoms with E-state index in [2.05, 4.69) is 48.0 Å². The SMILES string of the molecule is CCCCCSc1ccc(CC(N)CC)c(Br)c1. The molecule has 0 heterocycles. The van der Waals surface area contributed by atoms with Crippen molar-refractivity contribution in [1.29, 1.82) is 0 Å². The predicted octanol–water partition coefficient (Wildman–Crippen LogP) is 5.01. The maximum Gasteiger partial charge on any atom is 0.0219 e. The first kappa shape index (κ1) is 16.1. The molecule has 0 amide bonds. The third-order valence-electron chi connectivity index (χ3n) is 3.05. The van der Waals surface area contributed by atoms with E-state index in [1.54, 1.807) is 0 Å². The molecular weight excluding hydrogens is 306 g/mol. The van der Waals surface area contributed by atoms with Gasteiger partial charge in [0.2, 0.25) is 0 Å². The molecule has 18 heavy (non-hydrogen) atoms. The molecule has 0 aliphatic heterocycles. The van der Waals surface area contributed by atoms with E-state index in [9.17, 15) is 0 Å². The third kappa shape index (κ3) is 5.77. The second-order valence-electron chi connectivity index (χ2n) is 4.68. The summed E-state index contributed by atoms with van der Waals surface area (Å²) in [6.45, 7) is 4.38. The van der Waals surface area contributed by atoms with Crippen LogP contribution in [0.2, 0.25) is 0 Å². The van der Waals surface area contributed by atoms with Gasteiger partial charge in [-0.2, -0.15) is 0 Å². The van der Waals surface area contributed by atoms with Gasteiger partial charge >= 0.3 is 0 Å². The van der Waals surface area contributed by atoms with Crippen molar-refractivity contribution in [3.63, 3.8) is 0 Å². The first-order chi connectivity index (χ1) is 8.67. The van der Waals surface area contributed by atoms with Crippen LogP contribution < -0.4 is 5.73 Å². The summed E-state index contributed by atoms with van der Waals surface area (Å²) in [6.07, 6.45) is 5.91. The molecule has 0 spiro atoms. The minimum absolute atomic E-state index is 0.268. The molecule has 0 aliphatic carbocycles. The van der Waals surface area contributed by atoms with E-state index >= 15 is 0 Å². The Morgan fingerprint density at radius 2 is 2.06 bits per heavy atom. The topological polar surface area (TPSA) is 26.0 Å². The van der Waals surface area contributed by atoms with Crippen LogP contribution in [-0.4, -0.2) is 11.8 Å². The van der Waals surface area contributed by atoms with Crippen LogP contribution in [0.5, 0.6) is 0 Å². The summed E-state index contributed by atoms with van der Waals surface area (Å²) in [6, 6.07) is 6.93. The van der Waals surface area contributed by atoms with Gasteiger partial charge in [0, 0.05) is 15.4 Å². The fraction of sp³-hybridized carbons (Fsp3) is 0.600. The molecule has 1 atom stereocenters. The Labute approximate surface area is 124 Å². The summed E-state index contributed by atoms with van der Waals surface area (Å²) in [7, 11) is 0. The van der Waals surface area contributed by atoms with Gasteiger partial charge in [-0.05, 0) is 42.7 Å². The molecular formula is C15H24BrNS. The van der Waals surface area contributed by atoms with Gasteiger partial charge < -0.3 is 5.73 Å². The van der Waals surface area contributed by atoms with Crippen molar-refractivity contribution in [3.05, 3.63) is 28.2 Å². The van der Waals surface area contributed by atoms with Crippen LogP contribution in [0.25, 0.3) is 0 Å². The Morgan fingerprint density at radius 3 is 2.67 bits per heavy atom. The Balaban J connectivity index is 2.51. The minimum atomic E-state index is 0.268. The van der Waals surface area contributed by atoms with Crippen molar-refractivity contribution in [2.75, 3.05) is 5.75 Å². The zero-order chi connectivity index (χ0) is 13.4. The molecule has 1 rings (SSSR count). The number of thioether (sulfide) groups is 1. The molecule has 0 saturated carbocycles. The highest BCUT2D eigenvalue weighted by Gasteiger charge is 2.06. The monoisotopic (exact) mass is 329 g/mol. The van der Waals surface area contributed by atoms with Crippen LogP contribution in [-0.2, 0) is 6.42 Å². The first-order valence-electron chi connectivity index (χ1n) is 6.84. The largest absolute Gasteiger partial charge is 0.327 e. The van der Waals surface area contributed by atoms with Gasteiger partial charge in [0.1, 0.15) is 0 Å². The summed E-state index contributed by atoms with van der Waals surface area (Å²) in [5.74, 6) is 1.22. The van der Waals surface area contributed by atoms with E-state index in [1.807, 2.05) is 11.8 Å². The molecule has 0 bridgehead atoms. The highest BCUT2D eigenvalue weighted by molar-refractivity contribution is 9.10. The normalized spacial score (nSPS) is 12.7. The van der Waals surface area contributed by atoms with Crippen molar-refractivity contribution in [2.24, 2.45) is 5.73 Å². The van der Waals surface area contributed by atoms with Gasteiger partial charge in [-0.3, -0.25) is 0 Å². The molecule has 1 aromatic carbocycles. The standard InChI is InChI=1S/C15H24BrNS/c1-3-5-6-9-18-14-8-7-12(15(16)11-14)10-13(17)4-2/h7-8,11,13H,3-6,9-10,17H2,1-2H3. The van der Waals surface area contributed by atoms with Crippen LogP contribution in [0.3, 0.4) is 0 Å². The van der Waals surface area contributed by atoms with Gasteiger partial charge in [0.05, 0.1) is 0 Å². The van der Waals surface area contributed by atoms with Crippen molar-refractivity contribution < 1.29 is 0 Å². The van der Waals surface area contributed by atoms with Crippen molar-refractivity contribution in [1.82, 2.24) is 0 Å². The zero-order valence-electron chi connectivity index (χ0n) is 11.4. The summed E-state index contributed by atoms with van der Waals surface area (Å²) in [5.41, 5.74) is 7.32. The fourth-order valence-electron chi connectivity index (χ4n) is 1.75. The number of halogens is 1. The maximum atomic E-state index is 6.00. The average Bonchev–Trinajstić information content (AvgIpc) is 2.37. The number of benzene rings is 1. The molecule has 0 aromatic heterocycles. The molecule has 1 nitrogen and oxygen atoms in total. The van der Waals surface area contributed by atoms with E-state index < -0.39 is 0 Å². The zero-order valence-corrected chi connectivity index (χ0v) is 13.8. The van der Waals surface area contributed by atoms with E-state index in [-0.39, 0.29) is 6.04 Å². The number of unbranched alkanes of at least 4 members (excludes halogenated alkanes) is 2. The lowest BCUT2D eigenvalue weighted by Crippen LogP contribution is -2.21. The summed E-state index contributed by atoms with van der Waals surface area (Å²) >= 11 is 5.61. The molecule has 102 valence electrons. The van der Waals surface area contributed by atoms with E-state index in [1.165, 1.54) is 39.9 Å². The van der Waals surface area contributed by atoms with E-state index in [0.717, 1.165) is 12.8 Å². The van der Waals surface area contributed by atoms with Gasteiger partial charge in [-0.25, -0.2) is 0 Å². The minimum Gasteiger partial charge on any atom is -0.327 e. The third-order valence-corrected chi connectivity index (χ3v) is 4.87. The Kier molecular flexibility index (Phi) is 8.03. The highest BCUT2D eigenvalue weighted by atomic mass is 79.9. The van der Waals surface area contributed by atoms with Crippen molar-refractivity contribution in [3.8, 4) is 0 Å². The molecule has 1 unspecified atom stereocenters. The number of hydrogen-bond acceptors (Lipinski definition) is 2. The van der Waals surface area contributed by atoms with E-state index in [0.29, 0.717) is 0 Å². The summed E-state index contributed by atoms with van der Waals surface area (Å²) in [4.78, 5) is 1.35. The van der Waals surface area contributed by atoms with Gasteiger partial charge in [0.15, 0.2) is 0 Å². The molecule has 2 N–H and O–H groups in total. The Hall–Kier alpha value is 0.01000. The Bertz CT molecular complexity index is 354. The van der Waals surface area contributed by atoms with Gasteiger partial charge in [-0.1, -0.05) is 48.7 Å². The smallest absolute Gasteiger partial charge is 0.0219 e. The average molecular weight is 330 g/mol. The predicted molar refractivity (Wildman–Crippen MR) is 86.4 cm³/mol. The molecule has 0 saturated heterocycles. The van der Waals surface area contributed by atoms with Crippen LogP contribution in [0, 0.1) is 0 Å². The van der Waals surface area contributed by atoms with Crippen LogP contribution in [0.15, 0.2) is 27.6 Å². The lowest BCUT2D eigenvalue weighted by atomic mass is 10.1. The van der Waals surface area contributed by atoms with Gasteiger partial charge in [-0.15, -0.1) is 11.8 Å². The quantitative estimate of drug-likeness (QED) is 0.535. The van der Waals surface area contributed by atoms with E-state index in [4.69, 9.17) is 5.73 Å². The number of hydrogen-bond donors (Lipinski definition) is 1. The molecule has 0 fully saturated rings. The van der Waals surface area contributed by atoms with Crippen LogP contribution in [0.4, 0.5) is 0 Å². The second kappa shape index (κ2) is 9.00. The van der Waals surface area contributed by atoms with Gasteiger partial charge in [0.25, 0.3) is 0 Å². The second-order valence-corrected chi connectivity index (χ2v) is 6.70. The molecule has 0 radical (unpaired) electrons.